The maximum atomic E-state index is 8.36. The van der Waals surface area contributed by atoms with Crippen molar-refractivity contribution in [2.75, 3.05) is 57.4 Å². The summed E-state index contributed by atoms with van der Waals surface area (Å²) in [7, 11) is 0. The smallest absolute Gasteiger partial charge is 0.290 e. The predicted molar refractivity (Wildman–Crippen MR) is 144 cm³/mol. The summed E-state index contributed by atoms with van der Waals surface area (Å²) in [5, 5.41) is 12.7. The van der Waals surface area contributed by atoms with Crippen molar-refractivity contribution in [3.05, 3.63) is 35.5 Å². The van der Waals surface area contributed by atoms with Crippen molar-refractivity contribution in [2.24, 2.45) is 5.41 Å². The molecule has 6 heterocycles. The molecule has 37 heavy (non-hydrogen) atoms. The number of fused-ring (bicyclic) bond motifs is 2. The van der Waals surface area contributed by atoms with Crippen molar-refractivity contribution >= 4 is 44.9 Å². The molecule has 3 fully saturated rings. The quantitative estimate of drug-likeness (QED) is 0.348. The van der Waals surface area contributed by atoms with Gasteiger partial charge in [-0.05, 0) is 43.5 Å². The van der Waals surface area contributed by atoms with E-state index >= 15 is 0 Å². The highest BCUT2D eigenvalue weighted by Crippen LogP contribution is 2.40. The molecule has 0 unspecified atom stereocenters. The second-order valence-corrected chi connectivity index (χ2v) is 11.1. The van der Waals surface area contributed by atoms with E-state index in [1.165, 1.54) is 25.9 Å². The van der Waals surface area contributed by atoms with Crippen LogP contribution in [0.4, 0.5) is 5.82 Å². The summed E-state index contributed by atoms with van der Waals surface area (Å²) in [6, 6.07) is 8.35. The van der Waals surface area contributed by atoms with Gasteiger partial charge in [0.2, 0.25) is 0 Å². The maximum absolute atomic E-state index is 8.36. The van der Waals surface area contributed by atoms with Crippen LogP contribution in [-0.4, -0.2) is 88.9 Å². The number of hydrogen-bond acceptors (Lipinski definition) is 9. The van der Waals surface area contributed by atoms with Gasteiger partial charge in [0.1, 0.15) is 9.71 Å². The van der Waals surface area contributed by atoms with E-state index in [0.717, 1.165) is 89.4 Å². The number of benzene rings is 1. The first kappa shape index (κ1) is 24.2. The molecule has 3 saturated heterocycles. The van der Waals surface area contributed by atoms with Crippen LogP contribution >= 0.6 is 11.3 Å². The van der Waals surface area contributed by atoms with Crippen molar-refractivity contribution < 1.29 is 14.6 Å². The van der Waals surface area contributed by atoms with Crippen LogP contribution in [0.25, 0.3) is 32.6 Å². The van der Waals surface area contributed by atoms with Gasteiger partial charge in [-0.3, -0.25) is 9.69 Å². The van der Waals surface area contributed by atoms with E-state index in [-0.39, 0.29) is 6.47 Å². The first-order chi connectivity index (χ1) is 18.2. The lowest BCUT2D eigenvalue weighted by Crippen LogP contribution is -2.59. The van der Waals surface area contributed by atoms with E-state index in [4.69, 9.17) is 29.6 Å². The number of hydrogen-bond donors (Lipinski definition) is 3. The number of aromatic amines is 1. The van der Waals surface area contributed by atoms with Crippen LogP contribution < -0.4 is 10.2 Å². The molecule has 194 valence electrons. The number of likely N-dealkylation sites (tertiary alicyclic amines) is 1. The zero-order valence-electron chi connectivity index (χ0n) is 20.7. The van der Waals surface area contributed by atoms with Crippen molar-refractivity contribution in [1.29, 1.82) is 0 Å². The minimum Gasteiger partial charge on any atom is -0.483 e. The number of piperidine rings is 1. The van der Waals surface area contributed by atoms with Gasteiger partial charge in [0.15, 0.2) is 17.3 Å². The number of anilines is 1. The molecule has 0 atom stereocenters. The van der Waals surface area contributed by atoms with Crippen LogP contribution in [0.3, 0.4) is 0 Å². The summed E-state index contributed by atoms with van der Waals surface area (Å²) in [6.45, 7) is 8.48. The van der Waals surface area contributed by atoms with Crippen molar-refractivity contribution in [3.8, 4) is 11.4 Å². The largest absolute Gasteiger partial charge is 0.483 e. The Labute approximate surface area is 218 Å². The van der Waals surface area contributed by atoms with Gasteiger partial charge in [-0.25, -0.2) is 15.0 Å². The minimum absolute atomic E-state index is 0.250. The number of nitrogens with zero attached hydrogens (tertiary/aromatic N) is 5. The zero-order chi connectivity index (χ0) is 25.2. The van der Waals surface area contributed by atoms with E-state index in [9.17, 15) is 0 Å². The molecule has 3 N–H and O–H groups in total. The molecule has 3 aromatic heterocycles. The molecule has 7 rings (SSSR count). The molecular weight excluding hydrogens is 490 g/mol. The SMILES string of the molecule is O=CO.c1cc(-c2nc(N3CCOCC3)c3sc(CN4CC5(CCNCC5)C4)nc3n2)c2cc[nH]c2c1. The van der Waals surface area contributed by atoms with Gasteiger partial charge in [0.25, 0.3) is 6.47 Å². The van der Waals surface area contributed by atoms with Crippen LogP contribution in [0.5, 0.6) is 0 Å². The van der Waals surface area contributed by atoms with Gasteiger partial charge < -0.3 is 25.0 Å². The van der Waals surface area contributed by atoms with Gasteiger partial charge in [-0.2, -0.15) is 0 Å². The van der Waals surface area contributed by atoms with Crippen LogP contribution in [0, 0.1) is 5.41 Å². The Bertz CT molecular complexity index is 1380. The van der Waals surface area contributed by atoms with E-state index in [1.54, 1.807) is 11.3 Å². The molecule has 0 amide bonds. The van der Waals surface area contributed by atoms with Crippen molar-refractivity contribution in [3.63, 3.8) is 0 Å². The van der Waals surface area contributed by atoms with Crippen LogP contribution in [0.15, 0.2) is 30.5 Å². The first-order valence-electron chi connectivity index (χ1n) is 12.8. The monoisotopic (exact) mass is 521 g/mol. The number of rotatable bonds is 4. The number of aromatic nitrogens is 4. The molecule has 4 aromatic rings. The average Bonchev–Trinajstić information content (AvgIpc) is 3.55. The molecule has 0 saturated carbocycles. The fourth-order valence-electron chi connectivity index (χ4n) is 5.79. The second-order valence-electron chi connectivity index (χ2n) is 9.98. The zero-order valence-corrected chi connectivity index (χ0v) is 21.5. The highest BCUT2D eigenvalue weighted by molar-refractivity contribution is 7.19. The molecule has 0 aliphatic carbocycles. The molecular formula is C26H31N7O3S. The van der Waals surface area contributed by atoms with E-state index in [0.29, 0.717) is 5.41 Å². The minimum atomic E-state index is -0.250. The number of H-pyrrole nitrogens is 1. The number of nitrogens with one attached hydrogen (secondary N) is 2. The molecule has 3 aliphatic heterocycles. The van der Waals surface area contributed by atoms with Gasteiger partial charge in [-0.15, -0.1) is 11.3 Å². The number of morpholine rings is 1. The van der Waals surface area contributed by atoms with Crippen molar-refractivity contribution in [1.82, 2.24) is 30.2 Å². The third-order valence-electron chi connectivity index (χ3n) is 7.57. The highest BCUT2D eigenvalue weighted by atomic mass is 32.1. The Hall–Kier alpha value is -3.12. The van der Waals surface area contributed by atoms with Crippen LogP contribution in [0.2, 0.25) is 0 Å². The lowest BCUT2D eigenvalue weighted by Gasteiger charge is -2.52. The fourth-order valence-corrected chi connectivity index (χ4v) is 6.85. The molecule has 1 aromatic carbocycles. The normalized spacial score (nSPS) is 19.5. The number of thiazole rings is 1. The summed E-state index contributed by atoms with van der Waals surface area (Å²) < 4.78 is 6.71. The number of ether oxygens (including phenoxy) is 1. The third-order valence-corrected chi connectivity index (χ3v) is 8.59. The lowest BCUT2D eigenvalue weighted by atomic mass is 9.72. The highest BCUT2D eigenvalue weighted by Gasteiger charge is 2.43. The summed E-state index contributed by atoms with van der Waals surface area (Å²) in [5.41, 5.74) is 3.48. The van der Waals surface area contributed by atoms with Gasteiger partial charge in [0, 0.05) is 48.8 Å². The molecule has 0 bridgehead atoms. The van der Waals surface area contributed by atoms with E-state index < -0.39 is 0 Å². The lowest BCUT2D eigenvalue weighted by molar-refractivity contribution is -0.122. The van der Waals surface area contributed by atoms with Crippen LogP contribution in [0.1, 0.15) is 17.8 Å². The molecule has 10 nitrogen and oxygen atoms in total. The van der Waals surface area contributed by atoms with Crippen LogP contribution in [-0.2, 0) is 16.1 Å². The Morgan fingerprint density at radius 1 is 1.11 bits per heavy atom. The third kappa shape index (κ3) is 4.79. The van der Waals surface area contributed by atoms with Crippen molar-refractivity contribution in [2.45, 2.75) is 19.4 Å². The number of carboxylic acid groups (broad SMARTS) is 1. The Morgan fingerprint density at radius 3 is 2.68 bits per heavy atom. The molecule has 1 spiro atoms. The van der Waals surface area contributed by atoms with Gasteiger partial charge >= 0.3 is 0 Å². The summed E-state index contributed by atoms with van der Waals surface area (Å²) in [4.78, 5) is 31.7. The summed E-state index contributed by atoms with van der Waals surface area (Å²) in [5.74, 6) is 1.74. The summed E-state index contributed by atoms with van der Waals surface area (Å²) in [6.07, 6.45) is 4.56. The van der Waals surface area contributed by atoms with E-state index in [2.05, 4.69) is 44.4 Å². The molecule has 11 heteroatoms. The second kappa shape index (κ2) is 10.3. The molecule has 3 aliphatic rings. The first-order valence-corrected chi connectivity index (χ1v) is 13.6. The topological polar surface area (TPSA) is 120 Å². The summed E-state index contributed by atoms with van der Waals surface area (Å²) >= 11 is 1.76. The van der Waals surface area contributed by atoms with Gasteiger partial charge in [0.05, 0.1) is 19.8 Å². The maximum Gasteiger partial charge on any atom is 0.290 e. The molecule has 0 radical (unpaired) electrons. The fraction of sp³-hybridized carbons (Fsp3) is 0.462. The van der Waals surface area contributed by atoms with Gasteiger partial charge in [-0.1, -0.05) is 12.1 Å². The standard InChI is InChI=1S/C25H29N7OS.CH2O2/c1-2-18(17-4-7-27-19(17)3-1)22-29-23-21(24(30-22)32-10-12-33-13-11-32)34-20(28-23)14-31-15-25(16-31)5-8-26-9-6-25;2-1-3/h1-4,7,26-27H,5-6,8-16H2;1H,(H,2,3). The average molecular weight is 522 g/mol. The van der Waals surface area contributed by atoms with E-state index in [1.807, 2.05) is 6.20 Å². The predicted octanol–water partition coefficient (Wildman–Crippen LogP) is 2.96. The number of carbonyl (C=O) groups is 1. The Balaban J connectivity index is 0.000000804. The Morgan fingerprint density at radius 2 is 1.89 bits per heavy atom. The Kier molecular flexibility index (Phi) is 6.76.